The second kappa shape index (κ2) is 10.1. The number of carbonyl (C=O) groups excluding carboxylic acids is 3. The molecule has 0 aliphatic rings. The smallest absolute Gasteiger partial charge is 0.260 e. The lowest BCUT2D eigenvalue weighted by Crippen LogP contribution is -2.33. The van der Waals surface area contributed by atoms with Crippen LogP contribution in [0.15, 0.2) is 53.9 Å². The molecule has 1 heterocycles. The number of rotatable bonds is 7. The van der Waals surface area contributed by atoms with Crippen LogP contribution in [0.4, 0.5) is 15.2 Å². The molecule has 0 bridgehead atoms. The minimum absolute atomic E-state index is 0.0775. The van der Waals surface area contributed by atoms with Gasteiger partial charge in [0.2, 0.25) is 11.8 Å². The Morgan fingerprint density at radius 3 is 2.65 bits per heavy atom. The normalized spacial score (nSPS) is 10.1. The number of thiazole rings is 1. The van der Waals surface area contributed by atoms with Crippen molar-refractivity contribution in [1.82, 2.24) is 10.3 Å². The fraction of sp³-hybridized carbons (Fsp3) is 0.0909. The van der Waals surface area contributed by atoms with Crippen LogP contribution >= 0.6 is 11.3 Å². The molecular weight excluding hydrogens is 419 g/mol. The van der Waals surface area contributed by atoms with Crippen molar-refractivity contribution < 1.29 is 18.8 Å². The Hall–Kier alpha value is -4.03. The van der Waals surface area contributed by atoms with Gasteiger partial charge in [0, 0.05) is 16.6 Å². The van der Waals surface area contributed by atoms with Gasteiger partial charge in [-0.2, -0.15) is 0 Å². The molecule has 0 atom stereocenters. The van der Waals surface area contributed by atoms with Gasteiger partial charge in [0.15, 0.2) is 5.13 Å². The summed E-state index contributed by atoms with van der Waals surface area (Å²) < 4.78 is 13.7. The third-order valence-electron chi connectivity index (χ3n) is 3.99. The molecule has 7 nitrogen and oxygen atoms in total. The summed E-state index contributed by atoms with van der Waals surface area (Å²) in [6.45, 7) is -0.222. The number of terminal acetylenes is 1. The van der Waals surface area contributed by atoms with Gasteiger partial charge in [-0.05, 0) is 30.3 Å². The summed E-state index contributed by atoms with van der Waals surface area (Å²) in [5.74, 6) is 0.387. The van der Waals surface area contributed by atoms with Gasteiger partial charge in [0.1, 0.15) is 5.82 Å². The first kappa shape index (κ1) is 21.7. The fourth-order valence-corrected chi connectivity index (χ4v) is 3.26. The molecule has 0 aliphatic heterocycles. The van der Waals surface area contributed by atoms with E-state index < -0.39 is 23.5 Å². The van der Waals surface area contributed by atoms with E-state index in [1.165, 1.54) is 18.2 Å². The van der Waals surface area contributed by atoms with Crippen molar-refractivity contribution in [3.63, 3.8) is 0 Å². The first-order chi connectivity index (χ1) is 14.9. The molecule has 3 aromatic rings. The molecule has 3 N–H and O–H groups in total. The Morgan fingerprint density at radius 2 is 1.87 bits per heavy atom. The maximum atomic E-state index is 13.7. The highest BCUT2D eigenvalue weighted by atomic mass is 32.1. The summed E-state index contributed by atoms with van der Waals surface area (Å²) in [5, 5.41) is 9.48. The van der Waals surface area contributed by atoms with Gasteiger partial charge < -0.3 is 10.6 Å². The van der Waals surface area contributed by atoms with Crippen molar-refractivity contribution in [3.8, 4) is 12.3 Å². The lowest BCUT2D eigenvalue weighted by molar-refractivity contribution is -0.123. The van der Waals surface area contributed by atoms with Gasteiger partial charge in [-0.25, -0.2) is 9.37 Å². The van der Waals surface area contributed by atoms with E-state index in [-0.39, 0.29) is 23.7 Å². The zero-order chi connectivity index (χ0) is 22.2. The number of carbonyl (C=O) groups is 3. The summed E-state index contributed by atoms with van der Waals surface area (Å²) in [5.41, 5.74) is 1.47. The molecule has 2 aromatic carbocycles. The number of hydrogen-bond donors (Lipinski definition) is 3. The second-order valence-electron chi connectivity index (χ2n) is 6.30. The number of anilines is 2. The monoisotopic (exact) mass is 436 g/mol. The van der Waals surface area contributed by atoms with Gasteiger partial charge in [0.25, 0.3) is 5.91 Å². The Kier molecular flexibility index (Phi) is 7.09. The molecule has 31 heavy (non-hydrogen) atoms. The molecule has 0 fully saturated rings. The van der Waals surface area contributed by atoms with Crippen molar-refractivity contribution in [1.29, 1.82) is 0 Å². The van der Waals surface area contributed by atoms with E-state index in [1.807, 2.05) is 0 Å². The van der Waals surface area contributed by atoms with E-state index in [0.717, 1.165) is 11.3 Å². The number of nitrogens with one attached hydrogen (secondary N) is 3. The van der Waals surface area contributed by atoms with Crippen molar-refractivity contribution >= 4 is 39.9 Å². The quantitative estimate of drug-likeness (QED) is 0.496. The standard InChI is InChI=1S/C22H17FN4O3S/c1-2-14-6-5-7-15(10-14)25-20(29)12-24-19(28)11-16-13-31-22(26-16)27-21(30)17-8-3-4-9-18(17)23/h1,3-10,13H,11-12H2,(H,24,28)(H,25,29)(H,26,27,30). The minimum atomic E-state index is -0.638. The lowest BCUT2D eigenvalue weighted by atomic mass is 10.2. The van der Waals surface area contributed by atoms with Crippen molar-refractivity contribution in [2.75, 3.05) is 17.2 Å². The van der Waals surface area contributed by atoms with E-state index in [9.17, 15) is 18.8 Å². The number of benzene rings is 2. The third kappa shape index (κ3) is 6.22. The van der Waals surface area contributed by atoms with Crippen LogP contribution in [-0.2, 0) is 16.0 Å². The van der Waals surface area contributed by atoms with E-state index in [0.29, 0.717) is 16.9 Å². The summed E-state index contributed by atoms with van der Waals surface area (Å²) in [4.78, 5) is 40.3. The summed E-state index contributed by atoms with van der Waals surface area (Å²) in [6.07, 6.45) is 5.24. The average Bonchev–Trinajstić information content (AvgIpc) is 3.19. The van der Waals surface area contributed by atoms with Gasteiger partial charge >= 0.3 is 0 Å². The predicted octanol–water partition coefficient (Wildman–Crippen LogP) is 2.81. The molecule has 0 spiro atoms. The van der Waals surface area contributed by atoms with E-state index in [4.69, 9.17) is 6.42 Å². The van der Waals surface area contributed by atoms with Gasteiger partial charge in [-0.3, -0.25) is 19.7 Å². The van der Waals surface area contributed by atoms with Crippen LogP contribution < -0.4 is 16.0 Å². The molecule has 0 saturated heterocycles. The second-order valence-corrected chi connectivity index (χ2v) is 7.16. The first-order valence-corrected chi connectivity index (χ1v) is 9.96. The minimum Gasteiger partial charge on any atom is -0.347 e. The largest absolute Gasteiger partial charge is 0.347 e. The molecule has 0 unspecified atom stereocenters. The average molecular weight is 436 g/mol. The number of hydrogen-bond acceptors (Lipinski definition) is 5. The molecule has 3 rings (SSSR count). The first-order valence-electron chi connectivity index (χ1n) is 9.08. The van der Waals surface area contributed by atoms with Gasteiger partial charge in [-0.1, -0.05) is 24.1 Å². The summed E-state index contributed by atoms with van der Waals surface area (Å²) in [6, 6.07) is 12.4. The number of aromatic nitrogens is 1. The van der Waals surface area contributed by atoms with Crippen LogP contribution in [0.1, 0.15) is 21.6 Å². The van der Waals surface area contributed by atoms with Gasteiger partial charge in [-0.15, -0.1) is 17.8 Å². The zero-order valence-electron chi connectivity index (χ0n) is 16.1. The Bertz CT molecular complexity index is 1170. The summed E-state index contributed by atoms with van der Waals surface area (Å²) in [7, 11) is 0. The fourth-order valence-electron chi connectivity index (χ4n) is 2.55. The number of nitrogens with zero attached hydrogens (tertiary/aromatic N) is 1. The highest BCUT2D eigenvalue weighted by Crippen LogP contribution is 2.18. The maximum Gasteiger partial charge on any atom is 0.260 e. The Balaban J connectivity index is 1.47. The Morgan fingerprint density at radius 1 is 1.06 bits per heavy atom. The molecule has 3 amide bonds. The van der Waals surface area contributed by atoms with Crippen LogP contribution in [0.5, 0.6) is 0 Å². The van der Waals surface area contributed by atoms with E-state index in [2.05, 4.69) is 26.9 Å². The molecular formula is C22H17FN4O3S. The zero-order valence-corrected chi connectivity index (χ0v) is 17.0. The van der Waals surface area contributed by atoms with Crippen molar-refractivity contribution in [2.24, 2.45) is 0 Å². The van der Waals surface area contributed by atoms with Crippen molar-refractivity contribution in [2.45, 2.75) is 6.42 Å². The van der Waals surface area contributed by atoms with Crippen LogP contribution in [0, 0.1) is 18.2 Å². The Labute approximate surface area is 181 Å². The number of halogens is 1. The highest BCUT2D eigenvalue weighted by molar-refractivity contribution is 7.14. The van der Waals surface area contributed by atoms with Gasteiger partial charge in [0.05, 0.1) is 24.2 Å². The van der Waals surface area contributed by atoms with E-state index in [1.54, 1.807) is 35.7 Å². The van der Waals surface area contributed by atoms with Crippen LogP contribution in [-0.4, -0.2) is 29.3 Å². The highest BCUT2D eigenvalue weighted by Gasteiger charge is 2.14. The van der Waals surface area contributed by atoms with Crippen molar-refractivity contribution in [3.05, 3.63) is 76.5 Å². The van der Waals surface area contributed by atoms with Crippen LogP contribution in [0.3, 0.4) is 0 Å². The summed E-state index contributed by atoms with van der Waals surface area (Å²) >= 11 is 1.11. The molecule has 0 saturated carbocycles. The molecule has 0 aliphatic carbocycles. The maximum absolute atomic E-state index is 13.7. The SMILES string of the molecule is C#Cc1cccc(NC(=O)CNC(=O)Cc2csc(NC(=O)c3ccccc3F)n2)c1. The molecule has 0 radical (unpaired) electrons. The topological polar surface area (TPSA) is 100 Å². The predicted molar refractivity (Wildman–Crippen MR) is 116 cm³/mol. The molecule has 9 heteroatoms. The van der Waals surface area contributed by atoms with Crippen LogP contribution in [0.2, 0.25) is 0 Å². The lowest BCUT2D eigenvalue weighted by Gasteiger charge is -2.07. The molecule has 156 valence electrons. The third-order valence-corrected chi connectivity index (χ3v) is 4.80. The van der Waals surface area contributed by atoms with E-state index >= 15 is 0 Å². The van der Waals surface area contributed by atoms with Crippen LogP contribution in [0.25, 0.3) is 0 Å². The molecule has 1 aromatic heterocycles. The number of amides is 3.